The van der Waals surface area contributed by atoms with Crippen molar-refractivity contribution in [2.24, 2.45) is 0 Å². The van der Waals surface area contributed by atoms with Crippen molar-refractivity contribution in [2.45, 2.75) is 25.4 Å². The molecule has 21 heavy (non-hydrogen) atoms. The minimum Gasteiger partial charge on any atom is -0.438 e. The van der Waals surface area contributed by atoms with E-state index in [0.717, 1.165) is 12.1 Å². The van der Waals surface area contributed by atoms with Crippen molar-refractivity contribution in [3.63, 3.8) is 0 Å². The average Bonchev–Trinajstić information content (AvgIpc) is 3.27. The van der Waals surface area contributed by atoms with E-state index in [1.165, 1.54) is 25.0 Å². The van der Waals surface area contributed by atoms with Crippen molar-refractivity contribution < 1.29 is 9.13 Å². The Bertz CT molecular complexity index is 664. The summed E-state index contributed by atoms with van der Waals surface area (Å²) in [6, 6.07) is 7.11. The van der Waals surface area contributed by atoms with Crippen LogP contribution in [0.3, 0.4) is 0 Å². The standard InChI is InChI=1S/C15H13BrClFN2O/c16-11-6-12(17)13(18)7-14(11)21-15-5-9(3-4-19-15)8-20-10-1-2-10/h3-7,10,20H,1-2,8H2. The summed E-state index contributed by atoms with van der Waals surface area (Å²) in [6.07, 6.45) is 4.16. The molecule has 3 rings (SSSR count). The van der Waals surface area contributed by atoms with Crippen molar-refractivity contribution in [1.82, 2.24) is 10.3 Å². The van der Waals surface area contributed by atoms with Crippen LogP contribution < -0.4 is 10.1 Å². The van der Waals surface area contributed by atoms with E-state index in [1.54, 1.807) is 6.20 Å². The number of nitrogens with one attached hydrogen (secondary N) is 1. The summed E-state index contributed by atoms with van der Waals surface area (Å²) >= 11 is 9.01. The molecule has 1 N–H and O–H groups in total. The van der Waals surface area contributed by atoms with Crippen LogP contribution in [0.25, 0.3) is 0 Å². The molecule has 1 aliphatic rings. The monoisotopic (exact) mass is 370 g/mol. The SMILES string of the molecule is Fc1cc(Oc2cc(CNC3CC3)ccn2)c(Br)cc1Cl. The summed E-state index contributed by atoms with van der Waals surface area (Å²) in [5.74, 6) is 0.241. The van der Waals surface area contributed by atoms with Crippen molar-refractivity contribution in [2.75, 3.05) is 0 Å². The molecule has 0 radical (unpaired) electrons. The van der Waals surface area contributed by atoms with Gasteiger partial charge >= 0.3 is 0 Å². The second kappa shape index (κ2) is 6.30. The average molecular weight is 372 g/mol. The van der Waals surface area contributed by atoms with Gasteiger partial charge in [-0.15, -0.1) is 0 Å². The molecule has 1 heterocycles. The van der Waals surface area contributed by atoms with Gasteiger partial charge in [-0.2, -0.15) is 0 Å². The van der Waals surface area contributed by atoms with Crippen LogP contribution in [0.1, 0.15) is 18.4 Å². The molecule has 1 aromatic heterocycles. The van der Waals surface area contributed by atoms with Gasteiger partial charge < -0.3 is 10.1 Å². The van der Waals surface area contributed by atoms with Crippen LogP contribution >= 0.6 is 27.5 Å². The summed E-state index contributed by atoms with van der Waals surface area (Å²) in [5, 5.41) is 3.47. The normalized spacial score (nSPS) is 14.2. The fraction of sp³-hybridized carbons (Fsp3) is 0.267. The largest absolute Gasteiger partial charge is 0.438 e. The van der Waals surface area contributed by atoms with E-state index in [9.17, 15) is 4.39 Å². The molecule has 3 nitrogen and oxygen atoms in total. The van der Waals surface area contributed by atoms with Crippen LogP contribution in [0.15, 0.2) is 34.9 Å². The van der Waals surface area contributed by atoms with Gasteiger partial charge in [-0.25, -0.2) is 9.37 Å². The second-order valence-electron chi connectivity index (χ2n) is 4.96. The zero-order valence-corrected chi connectivity index (χ0v) is 13.4. The second-order valence-corrected chi connectivity index (χ2v) is 6.22. The molecule has 0 atom stereocenters. The molecule has 1 saturated carbocycles. The molecule has 6 heteroatoms. The fourth-order valence-corrected chi connectivity index (χ4v) is 2.58. The Morgan fingerprint density at radius 3 is 2.95 bits per heavy atom. The fourth-order valence-electron chi connectivity index (χ4n) is 1.86. The first kappa shape index (κ1) is 14.8. The lowest BCUT2D eigenvalue weighted by molar-refractivity contribution is 0.454. The first-order valence-electron chi connectivity index (χ1n) is 6.62. The highest BCUT2D eigenvalue weighted by Crippen LogP contribution is 2.33. The van der Waals surface area contributed by atoms with Gasteiger partial charge in [0.2, 0.25) is 5.88 Å². The Labute approximate surface area is 135 Å². The minimum absolute atomic E-state index is 0.0459. The zero-order chi connectivity index (χ0) is 14.8. The van der Waals surface area contributed by atoms with Gasteiger partial charge in [0.15, 0.2) is 0 Å². The predicted molar refractivity (Wildman–Crippen MR) is 83.3 cm³/mol. The molecule has 0 unspecified atom stereocenters. The highest BCUT2D eigenvalue weighted by atomic mass is 79.9. The maximum Gasteiger partial charge on any atom is 0.219 e. The van der Waals surface area contributed by atoms with Crippen molar-refractivity contribution in [3.05, 3.63) is 51.3 Å². The van der Waals surface area contributed by atoms with Gasteiger partial charge in [-0.05, 0) is 46.5 Å². The molecule has 1 fully saturated rings. The van der Waals surface area contributed by atoms with Gasteiger partial charge in [0, 0.05) is 30.9 Å². The molecule has 0 spiro atoms. The van der Waals surface area contributed by atoms with Gasteiger partial charge in [0.25, 0.3) is 0 Å². The number of halogens is 3. The maximum atomic E-state index is 13.5. The Balaban J connectivity index is 1.74. The molecule has 0 saturated heterocycles. The predicted octanol–water partition coefficient (Wildman–Crippen LogP) is 4.68. The third-order valence-electron chi connectivity index (χ3n) is 3.16. The number of pyridine rings is 1. The minimum atomic E-state index is -0.526. The third kappa shape index (κ3) is 3.93. The number of ether oxygens (including phenoxy) is 1. The number of aromatic nitrogens is 1. The van der Waals surface area contributed by atoms with Crippen molar-refractivity contribution >= 4 is 27.5 Å². The van der Waals surface area contributed by atoms with Crippen LogP contribution in [-0.2, 0) is 6.54 Å². The van der Waals surface area contributed by atoms with Crippen molar-refractivity contribution in [3.8, 4) is 11.6 Å². The molecular weight excluding hydrogens is 359 g/mol. The Morgan fingerprint density at radius 2 is 2.19 bits per heavy atom. The van der Waals surface area contributed by atoms with Crippen molar-refractivity contribution in [1.29, 1.82) is 0 Å². The maximum absolute atomic E-state index is 13.5. The summed E-state index contributed by atoms with van der Waals surface area (Å²) in [4.78, 5) is 4.14. The lowest BCUT2D eigenvalue weighted by atomic mass is 10.2. The number of benzene rings is 1. The topological polar surface area (TPSA) is 34.1 Å². The molecule has 1 aromatic carbocycles. The lowest BCUT2D eigenvalue weighted by Crippen LogP contribution is -2.15. The van der Waals surface area contributed by atoms with E-state index < -0.39 is 5.82 Å². The summed E-state index contributed by atoms with van der Waals surface area (Å²) < 4.78 is 19.7. The molecule has 2 aromatic rings. The number of hydrogen-bond acceptors (Lipinski definition) is 3. The Kier molecular flexibility index (Phi) is 4.42. The van der Waals surface area contributed by atoms with E-state index in [-0.39, 0.29) is 5.02 Å². The van der Waals surface area contributed by atoms with E-state index in [0.29, 0.717) is 22.1 Å². The third-order valence-corrected chi connectivity index (χ3v) is 4.07. The molecule has 0 amide bonds. The summed E-state index contributed by atoms with van der Waals surface area (Å²) in [6.45, 7) is 0.777. The summed E-state index contributed by atoms with van der Waals surface area (Å²) in [5.41, 5.74) is 1.08. The molecule has 0 bridgehead atoms. The molecule has 1 aliphatic carbocycles. The molecule has 0 aliphatic heterocycles. The Morgan fingerprint density at radius 1 is 1.38 bits per heavy atom. The van der Waals surface area contributed by atoms with Crippen LogP contribution in [0, 0.1) is 5.82 Å². The van der Waals surface area contributed by atoms with Gasteiger partial charge in [-0.1, -0.05) is 11.6 Å². The van der Waals surface area contributed by atoms with Crippen LogP contribution in [-0.4, -0.2) is 11.0 Å². The number of rotatable bonds is 5. The molecule has 110 valence electrons. The van der Waals surface area contributed by atoms with E-state index in [1.807, 2.05) is 12.1 Å². The van der Waals surface area contributed by atoms with Gasteiger partial charge in [0.05, 0.1) is 9.50 Å². The number of nitrogens with zero attached hydrogens (tertiary/aromatic N) is 1. The van der Waals surface area contributed by atoms with Crippen LogP contribution in [0.2, 0.25) is 5.02 Å². The number of hydrogen-bond donors (Lipinski definition) is 1. The first-order chi connectivity index (χ1) is 10.1. The molecular formula is C15H13BrClFN2O. The van der Waals surface area contributed by atoms with Crippen LogP contribution in [0.5, 0.6) is 11.6 Å². The zero-order valence-electron chi connectivity index (χ0n) is 11.1. The van der Waals surface area contributed by atoms with E-state index in [2.05, 4.69) is 26.2 Å². The lowest BCUT2D eigenvalue weighted by Gasteiger charge is -2.09. The Hall–Kier alpha value is -1.17. The highest BCUT2D eigenvalue weighted by Gasteiger charge is 2.20. The van der Waals surface area contributed by atoms with Gasteiger partial charge in [-0.3, -0.25) is 0 Å². The summed E-state index contributed by atoms with van der Waals surface area (Å²) in [7, 11) is 0. The van der Waals surface area contributed by atoms with E-state index >= 15 is 0 Å². The first-order valence-corrected chi connectivity index (χ1v) is 7.79. The van der Waals surface area contributed by atoms with Crippen LogP contribution in [0.4, 0.5) is 4.39 Å². The smallest absolute Gasteiger partial charge is 0.219 e. The van der Waals surface area contributed by atoms with Gasteiger partial charge in [0.1, 0.15) is 11.6 Å². The van der Waals surface area contributed by atoms with E-state index in [4.69, 9.17) is 16.3 Å². The highest BCUT2D eigenvalue weighted by molar-refractivity contribution is 9.10. The quantitative estimate of drug-likeness (QED) is 0.775.